The zero-order valence-corrected chi connectivity index (χ0v) is 10.2. The molecule has 0 aromatic carbocycles. The summed E-state index contributed by atoms with van der Waals surface area (Å²) in [7, 11) is 0. The second-order valence-corrected chi connectivity index (χ2v) is 4.22. The molecule has 19 heavy (non-hydrogen) atoms. The number of nitrogens with two attached hydrogens (primary N) is 1. The first-order chi connectivity index (χ1) is 8.88. The number of anilines is 1. The Bertz CT molecular complexity index is 586. The Kier molecular flexibility index (Phi) is 3.57. The molecule has 0 radical (unpaired) electrons. The van der Waals surface area contributed by atoms with Gasteiger partial charge >= 0.3 is 6.18 Å². The molecule has 0 saturated carbocycles. The summed E-state index contributed by atoms with van der Waals surface area (Å²) < 4.78 is 42.8. The number of nitrogen functional groups attached to an aromatic ring is 1. The Hall–Kier alpha value is -1.88. The summed E-state index contributed by atoms with van der Waals surface area (Å²) in [5.74, 6) is 3.89. The van der Waals surface area contributed by atoms with Crippen molar-refractivity contribution in [2.24, 2.45) is 5.84 Å². The summed E-state index contributed by atoms with van der Waals surface area (Å²) in [5, 5.41) is 7.26. The van der Waals surface area contributed by atoms with Gasteiger partial charge in [0.15, 0.2) is 0 Å². The number of aryl methyl sites for hydroxylation is 1. The number of hydrogen-bond donors (Lipinski definition) is 2. The van der Waals surface area contributed by atoms with E-state index in [1.807, 2.05) is 5.43 Å². The lowest BCUT2D eigenvalue weighted by atomic mass is 10.5. The Morgan fingerprint density at radius 2 is 2.05 bits per heavy atom. The van der Waals surface area contributed by atoms with Crippen molar-refractivity contribution in [1.82, 2.24) is 20.2 Å². The van der Waals surface area contributed by atoms with Crippen LogP contribution >= 0.6 is 11.8 Å². The normalized spacial score (nSPS) is 11.6. The van der Waals surface area contributed by atoms with Gasteiger partial charge < -0.3 is 9.84 Å². The van der Waals surface area contributed by atoms with E-state index >= 15 is 0 Å². The zero-order chi connectivity index (χ0) is 14.0. The van der Waals surface area contributed by atoms with Crippen LogP contribution in [0.15, 0.2) is 20.7 Å². The fourth-order valence-electron chi connectivity index (χ4n) is 1.09. The minimum atomic E-state index is -4.67. The molecule has 3 N–H and O–H groups in total. The number of hydrogen-bond acceptors (Lipinski definition) is 8. The molecule has 0 aliphatic rings. The standard InChI is InChI=1S/C8H7F3N6OS/c1-3-16-17-7(18-3)19-5-2-4(15-12)13-6(14-5)8(9,10)11/h2H,12H2,1H3,(H,13,14,15). The molecule has 0 aliphatic heterocycles. The van der Waals surface area contributed by atoms with Gasteiger partial charge in [0.25, 0.3) is 5.22 Å². The van der Waals surface area contributed by atoms with Crippen LogP contribution in [0, 0.1) is 6.92 Å². The SMILES string of the molecule is Cc1nnc(Sc2cc(NN)nc(C(F)(F)F)n2)o1. The van der Waals surface area contributed by atoms with Gasteiger partial charge in [-0.05, 0) is 11.8 Å². The van der Waals surface area contributed by atoms with E-state index < -0.39 is 12.0 Å². The first kappa shape index (κ1) is 13.5. The highest BCUT2D eigenvalue weighted by atomic mass is 32.2. The maximum atomic E-state index is 12.6. The van der Waals surface area contributed by atoms with Crippen molar-refractivity contribution in [3.05, 3.63) is 17.8 Å². The Morgan fingerprint density at radius 1 is 1.32 bits per heavy atom. The second-order valence-electron chi connectivity index (χ2n) is 3.25. The van der Waals surface area contributed by atoms with Gasteiger partial charge in [0.05, 0.1) is 0 Å². The van der Waals surface area contributed by atoms with E-state index in [0.717, 1.165) is 11.8 Å². The molecule has 11 heteroatoms. The summed E-state index contributed by atoms with van der Waals surface area (Å²) >= 11 is 0.781. The molecule has 2 aromatic rings. The first-order valence-corrected chi connectivity index (χ1v) is 5.61. The largest absolute Gasteiger partial charge is 0.451 e. The molecule has 0 bridgehead atoms. The van der Waals surface area contributed by atoms with Gasteiger partial charge in [0.1, 0.15) is 10.8 Å². The van der Waals surface area contributed by atoms with Gasteiger partial charge in [0, 0.05) is 13.0 Å². The number of alkyl halides is 3. The smallest absolute Gasteiger partial charge is 0.416 e. The lowest BCUT2D eigenvalue weighted by Crippen LogP contribution is -2.16. The van der Waals surface area contributed by atoms with Gasteiger partial charge in [-0.15, -0.1) is 10.2 Å². The van der Waals surface area contributed by atoms with Crippen LogP contribution in [0.1, 0.15) is 11.7 Å². The molecule has 0 fully saturated rings. The number of nitrogens with zero attached hydrogens (tertiary/aromatic N) is 4. The van der Waals surface area contributed by atoms with Crippen molar-refractivity contribution in [2.45, 2.75) is 23.3 Å². The molecule has 7 nitrogen and oxygen atoms in total. The van der Waals surface area contributed by atoms with E-state index in [9.17, 15) is 13.2 Å². The fraction of sp³-hybridized carbons (Fsp3) is 0.250. The highest BCUT2D eigenvalue weighted by Crippen LogP contribution is 2.31. The van der Waals surface area contributed by atoms with Gasteiger partial charge in [-0.2, -0.15) is 13.2 Å². The molecule has 0 saturated heterocycles. The van der Waals surface area contributed by atoms with Crippen molar-refractivity contribution >= 4 is 17.6 Å². The van der Waals surface area contributed by atoms with Gasteiger partial charge in [-0.3, -0.25) is 0 Å². The molecule has 0 amide bonds. The van der Waals surface area contributed by atoms with E-state index in [1.54, 1.807) is 6.92 Å². The van der Waals surface area contributed by atoms with Crippen LogP contribution in [-0.2, 0) is 6.18 Å². The predicted octanol–water partition coefficient (Wildman–Crippen LogP) is 1.62. The molecular formula is C8H7F3N6OS. The number of hydrazine groups is 1. The average molecular weight is 292 g/mol. The second kappa shape index (κ2) is 5.01. The molecule has 102 valence electrons. The summed E-state index contributed by atoms with van der Waals surface area (Å²) in [6.45, 7) is 1.56. The van der Waals surface area contributed by atoms with Crippen LogP contribution in [0.25, 0.3) is 0 Å². The number of nitrogens with one attached hydrogen (secondary N) is 1. The van der Waals surface area contributed by atoms with Crippen molar-refractivity contribution < 1.29 is 17.6 Å². The van der Waals surface area contributed by atoms with Crippen LogP contribution in [0.5, 0.6) is 0 Å². The van der Waals surface area contributed by atoms with Gasteiger partial charge in [0.2, 0.25) is 11.7 Å². The van der Waals surface area contributed by atoms with Crippen LogP contribution < -0.4 is 11.3 Å². The maximum Gasteiger partial charge on any atom is 0.451 e. The van der Waals surface area contributed by atoms with E-state index in [2.05, 4.69) is 20.2 Å². The van der Waals surface area contributed by atoms with Crippen LogP contribution in [0.2, 0.25) is 0 Å². The van der Waals surface area contributed by atoms with E-state index in [1.165, 1.54) is 6.07 Å². The third kappa shape index (κ3) is 3.32. The highest BCUT2D eigenvalue weighted by molar-refractivity contribution is 7.99. The number of halogens is 3. The van der Waals surface area contributed by atoms with Crippen molar-refractivity contribution in [1.29, 1.82) is 0 Å². The third-order valence-corrected chi connectivity index (χ3v) is 2.56. The van der Waals surface area contributed by atoms with Gasteiger partial charge in [-0.1, -0.05) is 0 Å². The molecular weight excluding hydrogens is 285 g/mol. The number of aromatic nitrogens is 4. The fourth-order valence-corrected chi connectivity index (χ4v) is 1.81. The lowest BCUT2D eigenvalue weighted by molar-refractivity contribution is -0.145. The van der Waals surface area contributed by atoms with Gasteiger partial charge in [-0.25, -0.2) is 15.8 Å². The Morgan fingerprint density at radius 3 is 2.58 bits per heavy atom. The number of rotatable bonds is 3. The summed E-state index contributed by atoms with van der Waals surface area (Å²) in [6, 6.07) is 1.24. The summed E-state index contributed by atoms with van der Waals surface area (Å²) in [6.07, 6.45) is -4.67. The predicted molar refractivity (Wildman–Crippen MR) is 58.0 cm³/mol. The molecule has 2 rings (SSSR count). The average Bonchev–Trinajstić information content (AvgIpc) is 2.73. The Balaban J connectivity index is 2.34. The van der Waals surface area contributed by atoms with Crippen LogP contribution in [0.3, 0.4) is 0 Å². The molecule has 0 aliphatic carbocycles. The maximum absolute atomic E-state index is 12.6. The molecule has 2 aromatic heterocycles. The van der Waals surface area contributed by atoms with Crippen LogP contribution in [-0.4, -0.2) is 20.2 Å². The quantitative estimate of drug-likeness (QED) is 0.500. The minimum absolute atomic E-state index is 0.0149. The molecule has 2 heterocycles. The van der Waals surface area contributed by atoms with Crippen molar-refractivity contribution in [3.8, 4) is 0 Å². The van der Waals surface area contributed by atoms with Crippen LogP contribution in [0.4, 0.5) is 19.0 Å². The summed E-state index contributed by atoms with van der Waals surface area (Å²) in [5.41, 5.74) is 2.04. The first-order valence-electron chi connectivity index (χ1n) is 4.79. The molecule has 0 spiro atoms. The van der Waals surface area contributed by atoms with Crippen molar-refractivity contribution in [2.75, 3.05) is 5.43 Å². The van der Waals surface area contributed by atoms with E-state index in [0.29, 0.717) is 5.89 Å². The third-order valence-electron chi connectivity index (χ3n) is 1.80. The lowest BCUT2D eigenvalue weighted by Gasteiger charge is -2.08. The highest BCUT2D eigenvalue weighted by Gasteiger charge is 2.35. The van der Waals surface area contributed by atoms with E-state index in [-0.39, 0.29) is 16.1 Å². The molecule has 0 atom stereocenters. The molecule has 0 unspecified atom stereocenters. The van der Waals surface area contributed by atoms with Crippen molar-refractivity contribution in [3.63, 3.8) is 0 Å². The Labute approximate surface area is 108 Å². The van der Waals surface area contributed by atoms with E-state index in [4.69, 9.17) is 10.3 Å². The minimum Gasteiger partial charge on any atom is -0.416 e. The zero-order valence-electron chi connectivity index (χ0n) is 9.39. The summed E-state index contributed by atoms with van der Waals surface area (Å²) in [4.78, 5) is 6.58. The topological polar surface area (TPSA) is 103 Å². The monoisotopic (exact) mass is 292 g/mol.